The van der Waals surface area contributed by atoms with E-state index in [1.165, 1.54) is 24.0 Å². The highest BCUT2D eigenvalue weighted by Gasteiger charge is 2.54. The molecule has 0 spiro atoms. The smallest absolute Gasteiger partial charge is 0.343 e. The fraction of sp³-hybridized carbons (Fsp3) is 0.480. The van der Waals surface area contributed by atoms with Gasteiger partial charge in [0.25, 0.3) is 0 Å². The first-order valence-corrected chi connectivity index (χ1v) is 10.6. The quantitative estimate of drug-likeness (QED) is 0.584. The van der Waals surface area contributed by atoms with Gasteiger partial charge in [-0.1, -0.05) is 31.2 Å². The van der Waals surface area contributed by atoms with Crippen LogP contribution in [-0.4, -0.2) is 17.2 Å². The summed E-state index contributed by atoms with van der Waals surface area (Å²) in [6.45, 7) is 2.31. The minimum Gasteiger partial charge on any atom is -0.423 e. The van der Waals surface area contributed by atoms with E-state index in [9.17, 15) is 9.90 Å². The molecule has 0 bridgehead atoms. The molecule has 2 aromatic carbocycles. The Bertz CT molecular complexity index is 890. The van der Waals surface area contributed by atoms with E-state index in [1.807, 2.05) is 24.3 Å². The summed E-state index contributed by atoms with van der Waals surface area (Å²) < 4.78 is 5.63. The summed E-state index contributed by atoms with van der Waals surface area (Å²) in [6, 6.07) is 15.4. The zero-order valence-electron chi connectivity index (χ0n) is 16.4. The van der Waals surface area contributed by atoms with Crippen molar-refractivity contribution in [3.8, 4) is 5.75 Å². The number of aliphatic hydroxyl groups excluding tert-OH is 1. The molecule has 146 valence electrons. The van der Waals surface area contributed by atoms with Crippen LogP contribution in [-0.2, 0) is 6.42 Å². The van der Waals surface area contributed by atoms with Crippen LogP contribution in [0, 0.1) is 17.3 Å². The highest BCUT2D eigenvalue weighted by molar-refractivity contribution is 5.91. The van der Waals surface area contributed by atoms with Crippen molar-refractivity contribution in [1.29, 1.82) is 0 Å². The first kappa shape index (κ1) is 17.9. The standard InChI is InChI=1S/C25H28O3/c1-25-14-13-20-19-10-8-18(28-24(27)16-5-3-2-4-6-16)15-17(19)7-9-21(20)22(25)11-12-23(25)26/h2-6,8,10,15,20-23,26H,7,9,11-14H2,1H3/t20-,21-,22+,23+,25+/m1/s1. The van der Waals surface area contributed by atoms with Gasteiger partial charge in [-0.05, 0) is 97.1 Å². The third-order valence-electron chi connectivity index (χ3n) is 7.87. The lowest BCUT2D eigenvalue weighted by Gasteiger charge is -2.50. The number of aliphatic hydroxyl groups is 1. The first-order chi connectivity index (χ1) is 13.6. The maximum atomic E-state index is 12.4. The minimum absolute atomic E-state index is 0.115. The molecule has 3 heteroatoms. The van der Waals surface area contributed by atoms with E-state index < -0.39 is 0 Å². The molecule has 2 fully saturated rings. The summed E-state index contributed by atoms with van der Waals surface area (Å²) >= 11 is 0. The van der Waals surface area contributed by atoms with Crippen molar-refractivity contribution in [3.05, 3.63) is 65.2 Å². The zero-order chi connectivity index (χ0) is 19.3. The van der Waals surface area contributed by atoms with Gasteiger partial charge in [0.15, 0.2) is 0 Å². The number of hydrogen-bond donors (Lipinski definition) is 1. The molecule has 0 radical (unpaired) electrons. The van der Waals surface area contributed by atoms with E-state index in [1.54, 1.807) is 12.1 Å². The SMILES string of the molecule is C[C@]12CC[C@@H]3c4ccc(OC(=O)c5ccccc5)cc4CC[C@H]3[C@@H]1CC[C@@H]2O. The highest BCUT2D eigenvalue weighted by atomic mass is 16.5. The van der Waals surface area contributed by atoms with Gasteiger partial charge in [0, 0.05) is 0 Å². The summed E-state index contributed by atoms with van der Waals surface area (Å²) in [5.41, 5.74) is 3.47. The van der Waals surface area contributed by atoms with Crippen molar-refractivity contribution in [1.82, 2.24) is 0 Å². The summed E-state index contributed by atoms with van der Waals surface area (Å²) in [5, 5.41) is 10.5. The van der Waals surface area contributed by atoms with Crippen LogP contribution in [0.5, 0.6) is 5.75 Å². The van der Waals surface area contributed by atoms with Gasteiger partial charge in [-0.15, -0.1) is 0 Å². The Morgan fingerprint density at radius 1 is 1.07 bits per heavy atom. The van der Waals surface area contributed by atoms with Gasteiger partial charge in [0.05, 0.1) is 11.7 Å². The van der Waals surface area contributed by atoms with Gasteiger partial charge < -0.3 is 9.84 Å². The monoisotopic (exact) mass is 376 g/mol. The van der Waals surface area contributed by atoms with Crippen LogP contribution in [0.25, 0.3) is 0 Å². The largest absolute Gasteiger partial charge is 0.423 e. The fourth-order valence-electron chi connectivity index (χ4n) is 6.33. The van der Waals surface area contributed by atoms with Crippen molar-refractivity contribution in [2.45, 2.75) is 57.5 Å². The summed E-state index contributed by atoms with van der Waals surface area (Å²) in [5.74, 6) is 2.25. The van der Waals surface area contributed by atoms with Gasteiger partial charge in [0.2, 0.25) is 0 Å². The number of fused-ring (bicyclic) bond motifs is 5. The molecule has 2 aromatic rings. The van der Waals surface area contributed by atoms with Crippen molar-refractivity contribution >= 4 is 5.97 Å². The molecule has 0 aliphatic heterocycles. The number of esters is 1. The average molecular weight is 376 g/mol. The van der Waals surface area contributed by atoms with Crippen LogP contribution < -0.4 is 4.74 Å². The number of carbonyl (C=O) groups is 1. The van der Waals surface area contributed by atoms with Crippen LogP contribution >= 0.6 is 0 Å². The average Bonchev–Trinajstić information content (AvgIpc) is 3.03. The van der Waals surface area contributed by atoms with E-state index in [2.05, 4.69) is 19.1 Å². The molecule has 0 amide bonds. The van der Waals surface area contributed by atoms with Crippen molar-refractivity contribution in [2.75, 3.05) is 0 Å². The Balaban J connectivity index is 1.37. The van der Waals surface area contributed by atoms with Gasteiger partial charge in [-0.25, -0.2) is 4.79 Å². The van der Waals surface area contributed by atoms with Gasteiger partial charge in [-0.3, -0.25) is 0 Å². The number of carbonyl (C=O) groups excluding carboxylic acids is 1. The molecule has 3 nitrogen and oxygen atoms in total. The molecule has 0 aromatic heterocycles. The molecule has 5 atom stereocenters. The number of ether oxygens (including phenoxy) is 1. The minimum atomic E-state index is -0.303. The third kappa shape index (κ3) is 2.79. The second kappa shape index (κ2) is 6.73. The number of rotatable bonds is 2. The van der Waals surface area contributed by atoms with E-state index in [-0.39, 0.29) is 17.5 Å². The van der Waals surface area contributed by atoms with Crippen molar-refractivity contribution in [3.63, 3.8) is 0 Å². The predicted octanol–water partition coefficient (Wildman–Crippen LogP) is 5.12. The lowest BCUT2D eigenvalue weighted by atomic mass is 9.55. The third-order valence-corrected chi connectivity index (χ3v) is 7.87. The van der Waals surface area contributed by atoms with Crippen LogP contribution in [0.15, 0.2) is 48.5 Å². The Morgan fingerprint density at radius 3 is 2.71 bits per heavy atom. The second-order valence-corrected chi connectivity index (χ2v) is 9.17. The molecule has 5 rings (SSSR count). The van der Waals surface area contributed by atoms with Crippen LogP contribution in [0.3, 0.4) is 0 Å². The van der Waals surface area contributed by atoms with E-state index in [0.29, 0.717) is 29.1 Å². The summed E-state index contributed by atoms with van der Waals surface area (Å²) in [4.78, 5) is 12.4. The number of hydrogen-bond acceptors (Lipinski definition) is 3. The van der Waals surface area contributed by atoms with E-state index >= 15 is 0 Å². The maximum Gasteiger partial charge on any atom is 0.343 e. The predicted molar refractivity (Wildman–Crippen MR) is 108 cm³/mol. The van der Waals surface area contributed by atoms with Gasteiger partial charge in [0.1, 0.15) is 5.75 Å². The Kier molecular flexibility index (Phi) is 4.31. The van der Waals surface area contributed by atoms with Crippen molar-refractivity contribution < 1.29 is 14.6 Å². The molecule has 0 unspecified atom stereocenters. The molecule has 3 aliphatic rings. The lowest BCUT2D eigenvalue weighted by Crippen LogP contribution is -2.43. The van der Waals surface area contributed by atoms with Gasteiger partial charge in [-0.2, -0.15) is 0 Å². The molecular weight excluding hydrogens is 348 g/mol. The van der Waals surface area contributed by atoms with Crippen LogP contribution in [0.4, 0.5) is 0 Å². The highest BCUT2D eigenvalue weighted by Crippen LogP contribution is 2.60. The zero-order valence-corrected chi connectivity index (χ0v) is 16.4. The second-order valence-electron chi connectivity index (χ2n) is 9.17. The molecule has 28 heavy (non-hydrogen) atoms. The normalized spacial score (nSPS) is 33.5. The summed E-state index contributed by atoms with van der Waals surface area (Å²) in [6.07, 6.45) is 6.50. The van der Waals surface area contributed by atoms with E-state index in [4.69, 9.17) is 4.74 Å². The maximum absolute atomic E-state index is 12.4. The Labute approximate surface area is 166 Å². The van der Waals surface area contributed by atoms with Gasteiger partial charge >= 0.3 is 5.97 Å². The van der Waals surface area contributed by atoms with Crippen LogP contribution in [0.2, 0.25) is 0 Å². The van der Waals surface area contributed by atoms with Crippen molar-refractivity contribution in [2.24, 2.45) is 17.3 Å². The lowest BCUT2D eigenvalue weighted by molar-refractivity contribution is -0.0226. The molecule has 2 saturated carbocycles. The molecule has 0 saturated heterocycles. The number of benzene rings is 2. The molecule has 1 N–H and O–H groups in total. The Morgan fingerprint density at radius 2 is 1.89 bits per heavy atom. The van der Waals surface area contributed by atoms with Crippen LogP contribution in [0.1, 0.15) is 66.4 Å². The molecule has 3 aliphatic carbocycles. The molecular formula is C25H28O3. The Hall–Kier alpha value is -2.13. The number of aryl methyl sites for hydroxylation is 1. The summed E-state index contributed by atoms with van der Waals surface area (Å²) in [7, 11) is 0. The fourth-order valence-corrected chi connectivity index (χ4v) is 6.33. The molecule has 0 heterocycles. The first-order valence-electron chi connectivity index (χ1n) is 10.6. The topological polar surface area (TPSA) is 46.5 Å². The van der Waals surface area contributed by atoms with E-state index in [0.717, 1.165) is 25.7 Å².